The van der Waals surface area contributed by atoms with E-state index in [2.05, 4.69) is 26.1 Å². The highest BCUT2D eigenvalue weighted by molar-refractivity contribution is 7.90. The Morgan fingerprint density at radius 3 is 2.00 bits per heavy atom. The van der Waals surface area contributed by atoms with Crippen LogP contribution in [0.15, 0.2) is 29.2 Å². The van der Waals surface area contributed by atoms with Crippen molar-refractivity contribution < 1.29 is 8.42 Å². The van der Waals surface area contributed by atoms with E-state index < -0.39 is 9.84 Å². The molecular weight excluding hydrogens is 246 g/mol. The molecule has 0 amide bonds. The summed E-state index contributed by atoms with van der Waals surface area (Å²) in [5, 5.41) is 3.54. The van der Waals surface area contributed by atoms with Gasteiger partial charge in [-0.25, -0.2) is 8.42 Å². The van der Waals surface area contributed by atoms with Gasteiger partial charge >= 0.3 is 0 Å². The Balaban J connectivity index is 2.79. The van der Waals surface area contributed by atoms with Crippen molar-refractivity contribution in [2.75, 3.05) is 6.26 Å². The first-order valence-electron chi connectivity index (χ1n) is 6.44. The Morgan fingerprint density at radius 2 is 1.61 bits per heavy atom. The van der Waals surface area contributed by atoms with E-state index in [-0.39, 0.29) is 6.04 Å². The van der Waals surface area contributed by atoms with Gasteiger partial charge in [0.15, 0.2) is 9.84 Å². The van der Waals surface area contributed by atoms with Crippen LogP contribution < -0.4 is 5.32 Å². The lowest BCUT2D eigenvalue weighted by Crippen LogP contribution is -2.30. The van der Waals surface area contributed by atoms with Crippen molar-refractivity contribution >= 4 is 9.84 Å². The van der Waals surface area contributed by atoms with Crippen LogP contribution in [0, 0.1) is 0 Å². The second-order valence-electron chi connectivity index (χ2n) is 4.74. The van der Waals surface area contributed by atoms with Gasteiger partial charge in [0.25, 0.3) is 0 Å². The highest BCUT2D eigenvalue weighted by Crippen LogP contribution is 2.17. The minimum absolute atomic E-state index is 0.239. The Bertz CT molecular complexity index is 461. The largest absolute Gasteiger partial charge is 0.307 e. The molecule has 1 aromatic carbocycles. The van der Waals surface area contributed by atoms with Crippen LogP contribution in [0.25, 0.3) is 0 Å². The molecule has 0 spiro atoms. The summed E-state index contributed by atoms with van der Waals surface area (Å²) < 4.78 is 22.7. The molecule has 0 saturated carbocycles. The number of benzene rings is 1. The first kappa shape index (κ1) is 15.2. The lowest BCUT2D eigenvalue weighted by molar-refractivity contribution is 0.432. The van der Waals surface area contributed by atoms with Gasteiger partial charge in [0, 0.05) is 18.3 Å². The Labute approximate surface area is 111 Å². The zero-order chi connectivity index (χ0) is 13.8. The van der Waals surface area contributed by atoms with Crippen LogP contribution in [0.1, 0.15) is 45.2 Å². The summed E-state index contributed by atoms with van der Waals surface area (Å²) in [6.07, 6.45) is 3.43. The van der Waals surface area contributed by atoms with E-state index in [9.17, 15) is 8.42 Å². The van der Waals surface area contributed by atoms with Gasteiger partial charge in [0.2, 0.25) is 0 Å². The zero-order valence-electron chi connectivity index (χ0n) is 11.6. The molecule has 4 heteroatoms. The van der Waals surface area contributed by atoms with Gasteiger partial charge in [-0.1, -0.05) is 26.0 Å². The number of hydrogen-bond acceptors (Lipinski definition) is 3. The number of nitrogens with one attached hydrogen (secondary N) is 1. The van der Waals surface area contributed by atoms with Crippen molar-refractivity contribution in [1.82, 2.24) is 5.32 Å². The number of hydrogen-bond donors (Lipinski definition) is 1. The van der Waals surface area contributed by atoms with Crippen LogP contribution >= 0.6 is 0 Å². The van der Waals surface area contributed by atoms with E-state index in [1.807, 2.05) is 12.1 Å². The first-order valence-corrected chi connectivity index (χ1v) is 8.33. The van der Waals surface area contributed by atoms with Crippen LogP contribution in [0.5, 0.6) is 0 Å². The van der Waals surface area contributed by atoms with E-state index in [1.54, 1.807) is 12.1 Å². The predicted octanol–water partition coefficient (Wildman–Crippen LogP) is 2.93. The molecule has 1 N–H and O–H groups in total. The van der Waals surface area contributed by atoms with Crippen LogP contribution in [-0.2, 0) is 9.84 Å². The SMILES string of the molecule is CCC(CC)NC(C)c1ccc(S(C)(=O)=O)cc1. The predicted molar refractivity (Wildman–Crippen MR) is 75.5 cm³/mol. The first-order chi connectivity index (χ1) is 8.38. The summed E-state index contributed by atoms with van der Waals surface area (Å²) in [5.74, 6) is 0. The van der Waals surface area contributed by atoms with Gasteiger partial charge in [0.1, 0.15) is 0 Å². The summed E-state index contributed by atoms with van der Waals surface area (Å²) in [5.41, 5.74) is 1.12. The second-order valence-corrected chi connectivity index (χ2v) is 6.76. The molecule has 1 atom stereocenters. The van der Waals surface area contributed by atoms with Gasteiger partial charge in [-0.15, -0.1) is 0 Å². The van der Waals surface area contributed by atoms with E-state index in [0.29, 0.717) is 10.9 Å². The third-order valence-corrected chi connectivity index (χ3v) is 4.41. The van der Waals surface area contributed by atoms with Crippen LogP contribution in [0.2, 0.25) is 0 Å². The normalized spacial score (nSPS) is 13.8. The van der Waals surface area contributed by atoms with Crippen LogP contribution in [-0.4, -0.2) is 20.7 Å². The summed E-state index contributed by atoms with van der Waals surface area (Å²) in [4.78, 5) is 0.376. The average molecular weight is 269 g/mol. The summed E-state index contributed by atoms with van der Waals surface area (Å²) in [6.45, 7) is 6.44. The monoisotopic (exact) mass is 269 g/mol. The van der Waals surface area contributed by atoms with Gasteiger partial charge in [0.05, 0.1) is 4.90 Å². The summed E-state index contributed by atoms with van der Waals surface area (Å²) >= 11 is 0. The molecule has 102 valence electrons. The molecule has 0 aromatic heterocycles. The van der Waals surface area contributed by atoms with Gasteiger partial charge < -0.3 is 5.32 Å². The maximum atomic E-state index is 11.4. The van der Waals surface area contributed by atoms with Crippen molar-refractivity contribution in [2.45, 2.75) is 50.6 Å². The van der Waals surface area contributed by atoms with E-state index in [4.69, 9.17) is 0 Å². The van der Waals surface area contributed by atoms with Crippen LogP contribution in [0.3, 0.4) is 0 Å². The molecule has 0 bridgehead atoms. The topological polar surface area (TPSA) is 46.2 Å². The molecule has 0 saturated heterocycles. The zero-order valence-corrected chi connectivity index (χ0v) is 12.4. The van der Waals surface area contributed by atoms with Crippen molar-refractivity contribution in [2.24, 2.45) is 0 Å². The molecule has 0 fully saturated rings. The molecule has 0 heterocycles. The molecule has 1 unspecified atom stereocenters. The van der Waals surface area contributed by atoms with Crippen molar-refractivity contribution in [3.05, 3.63) is 29.8 Å². The fourth-order valence-corrected chi connectivity index (χ4v) is 2.61. The third-order valence-electron chi connectivity index (χ3n) is 3.28. The van der Waals surface area contributed by atoms with Crippen molar-refractivity contribution in [3.63, 3.8) is 0 Å². The van der Waals surface area contributed by atoms with Crippen LogP contribution in [0.4, 0.5) is 0 Å². The maximum absolute atomic E-state index is 11.4. The molecule has 0 aliphatic carbocycles. The van der Waals surface area contributed by atoms with Crippen molar-refractivity contribution in [3.8, 4) is 0 Å². The van der Waals surface area contributed by atoms with Crippen molar-refractivity contribution in [1.29, 1.82) is 0 Å². The van der Waals surface area contributed by atoms with E-state index in [1.165, 1.54) is 6.26 Å². The highest BCUT2D eigenvalue weighted by atomic mass is 32.2. The lowest BCUT2D eigenvalue weighted by Gasteiger charge is -2.21. The minimum atomic E-state index is -3.10. The van der Waals surface area contributed by atoms with E-state index >= 15 is 0 Å². The molecule has 3 nitrogen and oxygen atoms in total. The minimum Gasteiger partial charge on any atom is -0.307 e. The highest BCUT2D eigenvalue weighted by Gasteiger charge is 2.12. The second kappa shape index (κ2) is 6.34. The molecule has 1 aromatic rings. The standard InChI is InChI=1S/C14H23NO2S/c1-5-13(6-2)15-11(3)12-7-9-14(10-8-12)18(4,16)17/h7-11,13,15H,5-6H2,1-4H3. The molecule has 0 aliphatic heterocycles. The molecule has 0 aliphatic rings. The summed E-state index contributed by atoms with van der Waals surface area (Å²) in [6, 6.07) is 7.87. The number of rotatable bonds is 6. The average Bonchev–Trinajstić information content (AvgIpc) is 2.34. The Morgan fingerprint density at radius 1 is 1.11 bits per heavy atom. The van der Waals surface area contributed by atoms with Gasteiger partial charge in [-0.05, 0) is 37.5 Å². The third kappa shape index (κ3) is 4.10. The summed E-state index contributed by atoms with van der Waals surface area (Å²) in [7, 11) is -3.10. The Hall–Kier alpha value is -0.870. The maximum Gasteiger partial charge on any atom is 0.175 e. The van der Waals surface area contributed by atoms with Gasteiger partial charge in [-0.3, -0.25) is 0 Å². The lowest BCUT2D eigenvalue weighted by atomic mass is 10.1. The quantitative estimate of drug-likeness (QED) is 0.863. The fraction of sp³-hybridized carbons (Fsp3) is 0.571. The molecule has 1 rings (SSSR count). The molecule has 0 radical (unpaired) electrons. The fourth-order valence-electron chi connectivity index (χ4n) is 1.98. The smallest absolute Gasteiger partial charge is 0.175 e. The molecule has 18 heavy (non-hydrogen) atoms. The van der Waals surface area contributed by atoms with Gasteiger partial charge in [-0.2, -0.15) is 0 Å². The number of sulfone groups is 1. The van der Waals surface area contributed by atoms with E-state index in [0.717, 1.165) is 18.4 Å². The Kier molecular flexibility index (Phi) is 5.35. The molecular formula is C14H23NO2S.